The molecule has 3 aliphatic heterocycles. The lowest BCUT2D eigenvalue weighted by Crippen LogP contribution is -2.60. The smallest absolute Gasteiger partial charge is 0.251 e. The van der Waals surface area contributed by atoms with Gasteiger partial charge in [0.15, 0.2) is 5.96 Å². The number of aliphatic hydroxyl groups excluding tert-OH is 1. The highest BCUT2D eigenvalue weighted by molar-refractivity contribution is 6.30. The van der Waals surface area contributed by atoms with Gasteiger partial charge in [-0.2, -0.15) is 0 Å². The number of hydrogen-bond acceptors (Lipinski definition) is 6. The van der Waals surface area contributed by atoms with Gasteiger partial charge in [-0.3, -0.25) is 19.9 Å². The number of nitrogens with zero attached hydrogens (tertiary/aromatic N) is 1. The monoisotopic (exact) mass is 498 g/mol. The number of guanidine groups is 1. The summed E-state index contributed by atoms with van der Waals surface area (Å²) in [6.07, 6.45) is -0.190. The third-order valence-corrected chi connectivity index (χ3v) is 6.77. The van der Waals surface area contributed by atoms with Crippen LogP contribution in [0.15, 0.2) is 36.4 Å². The molecule has 3 heterocycles. The first kappa shape index (κ1) is 23.4. The van der Waals surface area contributed by atoms with E-state index in [4.69, 9.17) is 26.5 Å². The molecule has 0 bridgehead atoms. The number of benzene rings is 2. The summed E-state index contributed by atoms with van der Waals surface area (Å²) in [7, 11) is 0. The van der Waals surface area contributed by atoms with E-state index in [1.54, 1.807) is 36.4 Å². The Kier molecular flexibility index (Phi) is 5.85. The van der Waals surface area contributed by atoms with Gasteiger partial charge in [0.05, 0.1) is 18.7 Å². The highest BCUT2D eigenvalue weighted by Gasteiger charge is 2.41. The van der Waals surface area contributed by atoms with Crippen molar-refractivity contribution in [2.75, 3.05) is 13.2 Å². The van der Waals surface area contributed by atoms with Crippen molar-refractivity contribution in [2.24, 2.45) is 0 Å². The van der Waals surface area contributed by atoms with Crippen LogP contribution in [0, 0.1) is 5.41 Å². The van der Waals surface area contributed by atoms with Gasteiger partial charge in [-0.1, -0.05) is 11.6 Å². The van der Waals surface area contributed by atoms with Crippen LogP contribution >= 0.6 is 11.6 Å². The fourth-order valence-corrected chi connectivity index (χ4v) is 5.08. The number of nitrogens with one attached hydrogen (secondary N) is 3. The Morgan fingerprint density at radius 1 is 1.20 bits per heavy atom. The molecule has 1 saturated heterocycles. The molecular weight excluding hydrogens is 472 g/mol. The van der Waals surface area contributed by atoms with Gasteiger partial charge in [0, 0.05) is 40.1 Å². The molecule has 4 N–H and O–H groups in total. The number of rotatable bonds is 3. The highest BCUT2D eigenvalue weighted by Crippen LogP contribution is 2.39. The second-order valence-corrected chi connectivity index (χ2v) is 10.2. The summed E-state index contributed by atoms with van der Waals surface area (Å²) in [5, 5.41) is 25.4. The number of amides is 2. The van der Waals surface area contributed by atoms with Crippen molar-refractivity contribution < 1.29 is 24.2 Å². The lowest BCUT2D eigenvalue weighted by atomic mass is 9.92. The molecule has 0 spiro atoms. The zero-order valence-corrected chi connectivity index (χ0v) is 20.2. The first-order chi connectivity index (χ1) is 16.6. The molecule has 2 amide bonds. The van der Waals surface area contributed by atoms with E-state index in [0.29, 0.717) is 46.2 Å². The second-order valence-electron chi connectivity index (χ2n) is 9.72. The summed E-state index contributed by atoms with van der Waals surface area (Å²) >= 11 is 6.14. The van der Waals surface area contributed by atoms with Gasteiger partial charge in [-0.25, -0.2) is 0 Å². The zero-order chi connectivity index (χ0) is 24.9. The predicted octanol–water partition coefficient (Wildman–Crippen LogP) is 2.92. The molecule has 3 aliphatic rings. The minimum atomic E-state index is -0.945. The van der Waals surface area contributed by atoms with Crippen molar-refractivity contribution in [1.29, 1.82) is 5.41 Å². The standard InChI is InChI=1S/C25H27ClN4O5/c1-25(2)11-21(32)30(24(27)29-25)17-7-8-34-19-5-3-13(9-15(17)19)23(33)28-22-16-10-14(26)4-6-20(16)35-12-18(22)31/h3-6,9-10,17-18,22,31H,7-8,11-12H2,1-2H3,(H2,27,29)(H,28,33)/t17-,18-,22-/m1/s1. The van der Waals surface area contributed by atoms with E-state index in [1.165, 1.54) is 4.90 Å². The first-order valence-electron chi connectivity index (χ1n) is 11.5. The largest absolute Gasteiger partial charge is 0.493 e. The molecule has 0 aliphatic carbocycles. The van der Waals surface area contributed by atoms with Crippen LogP contribution < -0.4 is 20.1 Å². The molecular formula is C25H27ClN4O5. The predicted molar refractivity (Wildman–Crippen MR) is 129 cm³/mol. The van der Waals surface area contributed by atoms with E-state index in [9.17, 15) is 14.7 Å². The zero-order valence-electron chi connectivity index (χ0n) is 19.4. The van der Waals surface area contributed by atoms with Gasteiger partial charge < -0.3 is 25.2 Å². The van der Waals surface area contributed by atoms with Crippen molar-refractivity contribution >= 4 is 29.4 Å². The summed E-state index contributed by atoms with van der Waals surface area (Å²) in [5.74, 6) is 0.629. The molecule has 0 radical (unpaired) electrons. The Morgan fingerprint density at radius 3 is 2.71 bits per heavy atom. The van der Waals surface area contributed by atoms with Crippen LogP contribution in [0.5, 0.6) is 11.5 Å². The number of hydrogen-bond donors (Lipinski definition) is 4. The van der Waals surface area contributed by atoms with E-state index < -0.39 is 29.6 Å². The lowest BCUT2D eigenvalue weighted by Gasteiger charge is -2.43. The van der Waals surface area contributed by atoms with Crippen molar-refractivity contribution in [3.05, 3.63) is 58.1 Å². The Hall–Kier alpha value is -3.30. The van der Waals surface area contributed by atoms with E-state index in [0.717, 1.165) is 0 Å². The van der Waals surface area contributed by atoms with Crippen LogP contribution in [-0.4, -0.2) is 52.6 Å². The van der Waals surface area contributed by atoms with E-state index >= 15 is 0 Å². The van der Waals surface area contributed by atoms with Gasteiger partial charge in [0.25, 0.3) is 5.91 Å². The molecule has 1 fully saturated rings. The Bertz CT molecular complexity index is 1200. The van der Waals surface area contributed by atoms with Crippen LogP contribution in [0.2, 0.25) is 5.02 Å². The Balaban J connectivity index is 1.43. The maximum atomic E-state index is 13.3. The minimum Gasteiger partial charge on any atom is -0.493 e. The van der Waals surface area contributed by atoms with E-state index in [-0.39, 0.29) is 24.9 Å². The molecule has 3 atom stereocenters. The second kappa shape index (κ2) is 8.73. The van der Waals surface area contributed by atoms with Crippen LogP contribution in [0.25, 0.3) is 0 Å². The lowest BCUT2D eigenvalue weighted by molar-refractivity contribution is -0.132. The Labute approximate surface area is 207 Å². The van der Waals surface area contributed by atoms with Crippen molar-refractivity contribution in [3.8, 4) is 11.5 Å². The number of aliphatic hydroxyl groups is 1. The molecule has 0 aromatic heterocycles. The van der Waals surface area contributed by atoms with Crippen LogP contribution in [0.4, 0.5) is 0 Å². The maximum absolute atomic E-state index is 13.3. The van der Waals surface area contributed by atoms with Crippen molar-refractivity contribution in [1.82, 2.24) is 15.5 Å². The number of fused-ring (bicyclic) bond motifs is 2. The summed E-state index contributed by atoms with van der Waals surface area (Å²) in [4.78, 5) is 27.7. The van der Waals surface area contributed by atoms with Gasteiger partial charge in [0.1, 0.15) is 24.2 Å². The normalized spacial score (nSPS) is 24.9. The summed E-state index contributed by atoms with van der Waals surface area (Å²) < 4.78 is 11.3. The molecule has 35 heavy (non-hydrogen) atoms. The van der Waals surface area contributed by atoms with E-state index in [2.05, 4.69) is 10.6 Å². The fourth-order valence-electron chi connectivity index (χ4n) is 4.90. The SMILES string of the molecule is CC1(C)CC(=O)N([C@@H]2CCOc3ccc(C(=O)N[C@@H]4c5cc(Cl)ccc5OC[C@H]4O)cc32)C(=N)N1. The van der Waals surface area contributed by atoms with Crippen LogP contribution in [0.1, 0.15) is 60.3 Å². The fraction of sp³-hybridized carbons (Fsp3) is 0.400. The van der Waals surface area contributed by atoms with Gasteiger partial charge in [-0.05, 0) is 50.2 Å². The first-order valence-corrected chi connectivity index (χ1v) is 11.9. The molecule has 184 valence electrons. The third-order valence-electron chi connectivity index (χ3n) is 6.54. The molecule has 10 heteroatoms. The highest BCUT2D eigenvalue weighted by atomic mass is 35.5. The number of ether oxygens (including phenoxy) is 2. The molecule has 2 aromatic carbocycles. The summed E-state index contributed by atoms with van der Waals surface area (Å²) in [6, 6.07) is 8.99. The van der Waals surface area contributed by atoms with Crippen LogP contribution in [-0.2, 0) is 4.79 Å². The quantitative estimate of drug-likeness (QED) is 0.516. The van der Waals surface area contributed by atoms with Crippen LogP contribution in [0.3, 0.4) is 0 Å². The minimum absolute atomic E-state index is 0.0396. The molecule has 5 rings (SSSR count). The van der Waals surface area contributed by atoms with Crippen molar-refractivity contribution in [3.63, 3.8) is 0 Å². The van der Waals surface area contributed by atoms with E-state index in [1.807, 2.05) is 13.8 Å². The van der Waals surface area contributed by atoms with Gasteiger partial charge >= 0.3 is 0 Å². The maximum Gasteiger partial charge on any atom is 0.251 e. The Morgan fingerprint density at radius 2 is 1.94 bits per heavy atom. The van der Waals surface area contributed by atoms with Gasteiger partial charge in [-0.15, -0.1) is 0 Å². The molecule has 2 aromatic rings. The summed E-state index contributed by atoms with van der Waals surface area (Å²) in [6.45, 7) is 4.21. The molecule has 9 nitrogen and oxygen atoms in total. The third kappa shape index (κ3) is 4.41. The van der Waals surface area contributed by atoms with Crippen molar-refractivity contribution in [2.45, 2.75) is 50.4 Å². The van der Waals surface area contributed by atoms with Gasteiger partial charge in [0.2, 0.25) is 5.91 Å². The number of carbonyl (C=O) groups excluding carboxylic acids is 2. The molecule has 0 unspecified atom stereocenters. The number of carbonyl (C=O) groups is 2. The summed E-state index contributed by atoms with van der Waals surface area (Å²) in [5.41, 5.74) is 1.12. The average Bonchev–Trinajstić information content (AvgIpc) is 2.79. The number of halogens is 1. The topological polar surface area (TPSA) is 124 Å². The molecule has 0 saturated carbocycles. The average molecular weight is 499 g/mol.